The van der Waals surface area contributed by atoms with Gasteiger partial charge in [-0.2, -0.15) is 0 Å². The predicted molar refractivity (Wildman–Crippen MR) is 122 cm³/mol. The lowest BCUT2D eigenvalue weighted by Crippen LogP contribution is -2.12. The van der Waals surface area contributed by atoms with E-state index in [9.17, 15) is 14.7 Å². The van der Waals surface area contributed by atoms with Crippen molar-refractivity contribution in [2.24, 2.45) is 0 Å². The Morgan fingerprint density at radius 3 is 2.26 bits per heavy atom. The van der Waals surface area contributed by atoms with Crippen molar-refractivity contribution >= 4 is 17.8 Å². The lowest BCUT2D eigenvalue weighted by molar-refractivity contribution is -0.138. The van der Waals surface area contributed by atoms with E-state index >= 15 is 0 Å². The Hall–Kier alpha value is -3.66. The van der Waals surface area contributed by atoms with Crippen LogP contribution in [-0.2, 0) is 21.6 Å². The molecule has 0 atom stereocenters. The molecule has 0 aliphatic rings. The fraction of sp³-hybridized carbons (Fsp3) is 0.185. The molecular formula is C27H26O4. The smallest absolute Gasteiger partial charge is 0.331 e. The standard InChI is InChI=1S/C27H26O4/c1-27(2,3)22-14-15-24(28)23(17-22)26(30)21-12-9-19(10-13-21)11-16-25(29)31-18-20-7-5-4-6-8-20/h4-17,28H,18H2,1-3H3/b16-11+. The quantitative estimate of drug-likeness (QED) is 0.320. The first kappa shape index (κ1) is 22.0. The van der Waals surface area contributed by atoms with E-state index in [1.807, 2.05) is 36.4 Å². The molecule has 1 N–H and O–H groups in total. The van der Waals surface area contributed by atoms with E-state index in [2.05, 4.69) is 20.8 Å². The van der Waals surface area contributed by atoms with Crippen LogP contribution >= 0.6 is 0 Å². The fourth-order valence-corrected chi connectivity index (χ4v) is 3.03. The monoisotopic (exact) mass is 414 g/mol. The summed E-state index contributed by atoms with van der Waals surface area (Å²) in [7, 11) is 0. The van der Waals surface area contributed by atoms with Crippen LogP contribution in [0.2, 0.25) is 0 Å². The van der Waals surface area contributed by atoms with Crippen LogP contribution in [0, 0.1) is 0 Å². The number of carbonyl (C=O) groups is 2. The normalized spacial score (nSPS) is 11.5. The number of aromatic hydroxyl groups is 1. The number of carbonyl (C=O) groups excluding carboxylic acids is 2. The molecule has 0 unspecified atom stereocenters. The lowest BCUT2D eigenvalue weighted by Gasteiger charge is -2.20. The average molecular weight is 415 g/mol. The summed E-state index contributed by atoms with van der Waals surface area (Å²) >= 11 is 0. The zero-order valence-corrected chi connectivity index (χ0v) is 18.0. The van der Waals surface area contributed by atoms with Crippen LogP contribution in [-0.4, -0.2) is 16.9 Å². The Labute approximate surface area is 182 Å². The summed E-state index contributed by atoms with van der Waals surface area (Å²) in [6, 6.07) is 21.5. The second-order valence-electron chi connectivity index (χ2n) is 8.36. The number of esters is 1. The Morgan fingerprint density at radius 2 is 1.61 bits per heavy atom. The van der Waals surface area contributed by atoms with Gasteiger partial charge in [0.2, 0.25) is 0 Å². The van der Waals surface area contributed by atoms with Crippen molar-refractivity contribution in [2.45, 2.75) is 32.8 Å². The third-order valence-electron chi connectivity index (χ3n) is 4.92. The second-order valence-corrected chi connectivity index (χ2v) is 8.36. The summed E-state index contributed by atoms with van der Waals surface area (Å²) in [5, 5.41) is 10.2. The number of benzene rings is 3. The highest BCUT2D eigenvalue weighted by Crippen LogP contribution is 2.29. The van der Waals surface area contributed by atoms with E-state index in [0.717, 1.165) is 16.7 Å². The van der Waals surface area contributed by atoms with Crippen LogP contribution in [0.3, 0.4) is 0 Å². The molecular weight excluding hydrogens is 388 g/mol. The highest BCUT2D eigenvalue weighted by atomic mass is 16.5. The molecule has 0 fully saturated rings. The predicted octanol–water partition coefficient (Wildman–Crippen LogP) is 5.68. The van der Waals surface area contributed by atoms with Crippen LogP contribution in [0.5, 0.6) is 5.75 Å². The Morgan fingerprint density at radius 1 is 0.935 bits per heavy atom. The van der Waals surface area contributed by atoms with Crippen molar-refractivity contribution in [3.05, 3.63) is 107 Å². The molecule has 0 radical (unpaired) electrons. The number of hydrogen-bond donors (Lipinski definition) is 1. The summed E-state index contributed by atoms with van der Waals surface area (Å²) in [6.07, 6.45) is 3.00. The molecule has 3 aromatic rings. The zero-order chi connectivity index (χ0) is 22.4. The number of ether oxygens (including phenoxy) is 1. The maximum absolute atomic E-state index is 12.9. The molecule has 3 aromatic carbocycles. The third-order valence-corrected chi connectivity index (χ3v) is 4.92. The van der Waals surface area contributed by atoms with Gasteiger partial charge in [0.15, 0.2) is 5.78 Å². The van der Waals surface area contributed by atoms with E-state index < -0.39 is 5.97 Å². The van der Waals surface area contributed by atoms with E-state index in [1.165, 1.54) is 6.08 Å². The Balaban J connectivity index is 1.66. The molecule has 0 heterocycles. The van der Waals surface area contributed by atoms with E-state index in [0.29, 0.717) is 5.56 Å². The van der Waals surface area contributed by atoms with Gasteiger partial charge in [-0.3, -0.25) is 4.79 Å². The van der Waals surface area contributed by atoms with E-state index in [1.54, 1.807) is 42.5 Å². The van der Waals surface area contributed by atoms with Gasteiger partial charge in [-0.1, -0.05) is 81.4 Å². The van der Waals surface area contributed by atoms with Gasteiger partial charge in [0.1, 0.15) is 12.4 Å². The first-order valence-electron chi connectivity index (χ1n) is 10.1. The van der Waals surface area contributed by atoms with E-state index in [-0.39, 0.29) is 29.1 Å². The van der Waals surface area contributed by atoms with Crippen molar-refractivity contribution in [3.63, 3.8) is 0 Å². The van der Waals surface area contributed by atoms with Crippen molar-refractivity contribution in [3.8, 4) is 5.75 Å². The van der Waals surface area contributed by atoms with Gasteiger partial charge < -0.3 is 9.84 Å². The molecule has 158 valence electrons. The number of phenols is 1. The lowest BCUT2D eigenvalue weighted by atomic mass is 9.85. The highest BCUT2D eigenvalue weighted by Gasteiger charge is 2.19. The van der Waals surface area contributed by atoms with Gasteiger partial charge in [0, 0.05) is 11.6 Å². The van der Waals surface area contributed by atoms with Gasteiger partial charge in [-0.25, -0.2) is 4.79 Å². The molecule has 3 rings (SSSR count). The average Bonchev–Trinajstić information content (AvgIpc) is 2.76. The van der Waals surface area contributed by atoms with Crippen LogP contribution in [0.25, 0.3) is 6.08 Å². The summed E-state index contributed by atoms with van der Waals surface area (Å²) in [4.78, 5) is 24.8. The van der Waals surface area contributed by atoms with Crippen molar-refractivity contribution in [2.75, 3.05) is 0 Å². The largest absolute Gasteiger partial charge is 0.507 e. The van der Waals surface area contributed by atoms with Gasteiger partial charge in [-0.15, -0.1) is 0 Å². The van der Waals surface area contributed by atoms with E-state index in [4.69, 9.17) is 4.74 Å². The van der Waals surface area contributed by atoms with Crippen molar-refractivity contribution in [1.82, 2.24) is 0 Å². The van der Waals surface area contributed by atoms with Crippen LogP contribution in [0.1, 0.15) is 53.4 Å². The molecule has 0 aliphatic carbocycles. The van der Waals surface area contributed by atoms with Gasteiger partial charge in [0.05, 0.1) is 5.56 Å². The maximum atomic E-state index is 12.9. The summed E-state index contributed by atoms with van der Waals surface area (Å²) < 4.78 is 5.21. The molecule has 0 spiro atoms. The number of rotatable bonds is 6. The third kappa shape index (κ3) is 5.92. The second kappa shape index (κ2) is 9.43. The number of hydrogen-bond acceptors (Lipinski definition) is 4. The van der Waals surface area contributed by atoms with Crippen LogP contribution < -0.4 is 0 Å². The fourth-order valence-electron chi connectivity index (χ4n) is 3.03. The molecule has 4 nitrogen and oxygen atoms in total. The SMILES string of the molecule is CC(C)(C)c1ccc(O)c(C(=O)c2ccc(/C=C/C(=O)OCc3ccccc3)cc2)c1. The molecule has 0 amide bonds. The summed E-state index contributed by atoms with van der Waals surface area (Å²) in [6.45, 7) is 6.38. The minimum absolute atomic E-state index is 0.0388. The van der Waals surface area contributed by atoms with Gasteiger partial charge in [-0.05, 0) is 40.3 Å². The number of phenolic OH excluding ortho intramolecular Hbond substituents is 1. The molecule has 4 heteroatoms. The van der Waals surface area contributed by atoms with Gasteiger partial charge >= 0.3 is 5.97 Å². The molecule has 0 bridgehead atoms. The molecule has 31 heavy (non-hydrogen) atoms. The summed E-state index contributed by atoms with van der Waals surface area (Å²) in [5.41, 5.74) is 3.27. The molecule has 0 aliphatic heterocycles. The Bertz CT molecular complexity index is 1090. The minimum atomic E-state index is -0.437. The molecule has 0 saturated heterocycles. The number of ketones is 1. The van der Waals surface area contributed by atoms with Crippen molar-refractivity contribution < 1.29 is 19.4 Å². The Kier molecular flexibility index (Phi) is 6.71. The molecule has 0 saturated carbocycles. The van der Waals surface area contributed by atoms with Gasteiger partial charge in [0.25, 0.3) is 0 Å². The van der Waals surface area contributed by atoms with Crippen molar-refractivity contribution in [1.29, 1.82) is 0 Å². The van der Waals surface area contributed by atoms with Crippen LogP contribution in [0.4, 0.5) is 0 Å². The minimum Gasteiger partial charge on any atom is -0.507 e. The highest BCUT2D eigenvalue weighted by molar-refractivity contribution is 6.10. The zero-order valence-electron chi connectivity index (χ0n) is 18.0. The first-order valence-corrected chi connectivity index (χ1v) is 10.1. The summed E-state index contributed by atoms with van der Waals surface area (Å²) in [5.74, 6) is -0.725. The maximum Gasteiger partial charge on any atom is 0.331 e. The topological polar surface area (TPSA) is 63.6 Å². The first-order chi connectivity index (χ1) is 14.7. The molecule has 0 aromatic heterocycles. The van der Waals surface area contributed by atoms with Crippen LogP contribution in [0.15, 0.2) is 78.9 Å².